The molecule has 0 bridgehead atoms. The van der Waals surface area contributed by atoms with E-state index in [1.807, 2.05) is 19.2 Å². The van der Waals surface area contributed by atoms with Crippen LogP contribution in [0.25, 0.3) is 11.0 Å². The van der Waals surface area contributed by atoms with E-state index in [-0.39, 0.29) is 17.2 Å². The van der Waals surface area contributed by atoms with Crippen LogP contribution >= 0.6 is 23.2 Å². The number of pyridine rings is 1. The molecule has 0 saturated heterocycles. The van der Waals surface area contributed by atoms with Crippen LogP contribution in [-0.4, -0.2) is 31.5 Å². The summed E-state index contributed by atoms with van der Waals surface area (Å²) in [5.41, 5.74) is 2.11. The number of carbonyl (C=O) groups excluding carboxylic acids is 1. The van der Waals surface area contributed by atoms with Crippen LogP contribution in [0.4, 0.5) is 0 Å². The van der Waals surface area contributed by atoms with Gasteiger partial charge in [-0.05, 0) is 62.3 Å². The lowest BCUT2D eigenvalue weighted by Gasteiger charge is -2.29. The van der Waals surface area contributed by atoms with Gasteiger partial charge in [-0.25, -0.2) is 4.98 Å². The molecular weight excluding hydrogens is 397 g/mol. The first kappa shape index (κ1) is 19.2. The second kappa shape index (κ2) is 8.05. The minimum atomic E-state index is -0.0984. The molecule has 1 aliphatic rings. The molecule has 8 heteroatoms. The first-order valence-corrected chi connectivity index (χ1v) is 10.2. The van der Waals surface area contributed by atoms with Gasteiger partial charge in [0.25, 0.3) is 5.91 Å². The van der Waals surface area contributed by atoms with Crippen molar-refractivity contribution in [2.45, 2.75) is 45.2 Å². The Hall–Kier alpha value is -2.18. The molecule has 0 radical (unpaired) electrons. The molecule has 146 valence electrons. The second-order valence-corrected chi connectivity index (χ2v) is 8.14. The molecule has 3 aromatic rings. The van der Waals surface area contributed by atoms with E-state index in [0.29, 0.717) is 22.2 Å². The fourth-order valence-electron chi connectivity index (χ4n) is 3.87. The number of nitrogens with zero attached hydrogens (tertiary/aromatic N) is 4. The molecule has 6 nitrogen and oxygen atoms in total. The topological polar surface area (TPSA) is 72.7 Å². The molecule has 1 N–H and O–H groups in total. The minimum Gasteiger partial charge on any atom is -0.349 e. The Bertz CT molecular complexity index is 1010. The Kier molecular flexibility index (Phi) is 5.51. The van der Waals surface area contributed by atoms with E-state index in [9.17, 15) is 4.79 Å². The summed E-state index contributed by atoms with van der Waals surface area (Å²) < 4.78 is 2.15. The number of hydrogen-bond acceptors (Lipinski definition) is 4. The van der Waals surface area contributed by atoms with Gasteiger partial charge >= 0.3 is 0 Å². The van der Waals surface area contributed by atoms with Crippen molar-refractivity contribution in [1.82, 2.24) is 24.8 Å². The molecular formula is C20H21Cl2N5O. The van der Waals surface area contributed by atoms with Gasteiger partial charge < -0.3 is 9.88 Å². The summed E-state index contributed by atoms with van der Waals surface area (Å²) >= 11 is 11.9. The maximum atomic E-state index is 12.6. The normalized spacial score (nSPS) is 19.7. The van der Waals surface area contributed by atoms with Gasteiger partial charge in [-0.3, -0.25) is 9.78 Å². The van der Waals surface area contributed by atoms with Crippen LogP contribution in [0.2, 0.25) is 10.3 Å². The van der Waals surface area contributed by atoms with Gasteiger partial charge in [-0.15, -0.1) is 0 Å². The van der Waals surface area contributed by atoms with Crippen molar-refractivity contribution >= 4 is 40.1 Å². The summed E-state index contributed by atoms with van der Waals surface area (Å²) in [6.07, 6.45) is 9.36. The van der Waals surface area contributed by atoms with E-state index in [0.717, 1.165) is 43.3 Å². The Morgan fingerprint density at radius 2 is 2.00 bits per heavy atom. The molecule has 3 heterocycles. The lowest BCUT2D eigenvalue weighted by molar-refractivity contribution is 0.0919. The zero-order valence-electron chi connectivity index (χ0n) is 15.5. The lowest BCUT2D eigenvalue weighted by Crippen LogP contribution is -2.38. The van der Waals surface area contributed by atoms with Gasteiger partial charge in [-0.2, -0.15) is 4.98 Å². The van der Waals surface area contributed by atoms with Crippen molar-refractivity contribution in [3.05, 3.63) is 52.3 Å². The molecule has 28 heavy (non-hydrogen) atoms. The number of hydrogen-bond donors (Lipinski definition) is 1. The first-order chi connectivity index (χ1) is 13.5. The Labute approximate surface area is 173 Å². The monoisotopic (exact) mass is 417 g/mol. The van der Waals surface area contributed by atoms with Crippen molar-refractivity contribution in [2.75, 3.05) is 0 Å². The van der Waals surface area contributed by atoms with E-state index in [1.165, 1.54) is 0 Å². The number of nitrogens with one attached hydrogen (secondary N) is 1. The van der Waals surface area contributed by atoms with Gasteiger partial charge in [0.2, 0.25) is 5.28 Å². The van der Waals surface area contributed by atoms with E-state index < -0.39 is 0 Å². The van der Waals surface area contributed by atoms with Crippen LogP contribution in [0.1, 0.15) is 41.7 Å². The van der Waals surface area contributed by atoms with Crippen LogP contribution in [-0.2, 0) is 6.54 Å². The predicted molar refractivity (Wildman–Crippen MR) is 110 cm³/mol. The maximum Gasteiger partial charge on any atom is 0.253 e. The second-order valence-electron chi connectivity index (χ2n) is 7.36. The highest BCUT2D eigenvalue weighted by atomic mass is 35.5. The highest BCUT2D eigenvalue weighted by Gasteiger charge is 2.24. The standard InChI is InChI=1S/C20H21Cl2N5O/c1-12-17(8-15(21)10-23-12)19(28)25-16-4-2-13(3-5-16)11-27-7-6-14-9-24-20(22)26-18(14)27/h6-10,13,16H,2-5,11H2,1H3,(H,25,28). The molecule has 0 spiro atoms. The van der Waals surface area contributed by atoms with Gasteiger partial charge in [-0.1, -0.05) is 11.6 Å². The number of rotatable bonds is 4. The Morgan fingerprint density at radius 3 is 2.79 bits per heavy atom. The van der Waals surface area contributed by atoms with E-state index >= 15 is 0 Å². The fraction of sp³-hybridized carbons (Fsp3) is 0.400. The van der Waals surface area contributed by atoms with Crippen molar-refractivity contribution in [3.8, 4) is 0 Å². The molecule has 0 aromatic carbocycles. The highest BCUT2D eigenvalue weighted by molar-refractivity contribution is 6.30. The Balaban J connectivity index is 1.35. The number of halogens is 2. The minimum absolute atomic E-state index is 0.0984. The summed E-state index contributed by atoms with van der Waals surface area (Å²) in [7, 11) is 0. The van der Waals surface area contributed by atoms with Gasteiger partial charge in [0.15, 0.2) is 0 Å². The Morgan fingerprint density at radius 1 is 1.21 bits per heavy atom. The molecule has 1 aliphatic carbocycles. The van der Waals surface area contributed by atoms with Crippen molar-refractivity contribution in [2.24, 2.45) is 5.92 Å². The largest absolute Gasteiger partial charge is 0.349 e. The van der Waals surface area contributed by atoms with Crippen molar-refractivity contribution in [3.63, 3.8) is 0 Å². The smallest absolute Gasteiger partial charge is 0.253 e. The third kappa shape index (κ3) is 4.13. The van der Waals surface area contributed by atoms with Gasteiger partial charge in [0.05, 0.1) is 16.3 Å². The molecule has 0 aliphatic heterocycles. The number of carbonyl (C=O) groups is 1. The molecule has 1 fully saturated rings. The summed E-state index contributed by atoms with van der Waals surface area (Å²) in [4.78, 5) is 25.1. The number of fused-ring (bicyclic) bond motifs is 1. The highest BCUT2D eigenvalue weighted by Crippen LogP contribution is 2.27. The number of aryl methyl sites for hydroxylation is 1. The summed E-state index contributed by atoms with van der Waals surface area (Å²) in [6.45, 7) is 2.72. The summed E-state index contributed by atoms with van der Waals surface area (Å²) in [6, 6.07) is 3.87. The molecule has 1 saturated carbocycles. The van der Waals surface area contributed by atoms with Crippen molar-refractivity contribution in [1.29, 1.82) is 0 Å². The third-order valence-electron chi connectivity index (χ3n) is 5.41. The van der Waals surface area contributed by atoms with Crippen molar-refractivity contribution < 1.29 is 4.79 Å². The maximum absolute atomic E-state index is 12.6. The van der Waals surface area contributed by atoms with E-state index in [1.54, 1.807) is 18.5 Å². The van der Waals surface area contributed by atoms with Crippen LogP contribution in [0.3, 0.4) is 0 Å². The van der Waals surface area contributed by atoms with Crippen LogP contribution in [0.5, 0.6) is 0 Å². The van der Waals surface area contributed by atoms with Crippen LogP contribution in [0, 0.1) is 12.8 Å². The van der Waals surface area contributed by atoms with Gasteiger partial charge in [0.1, 0.15) is 5.65 Å². The third-order valence-corrected chi connectivity index (χ3v) is 5.80. The molecule has 0 atom stereocenters. The average molecular weight is 418 g/mol. The first-order valence-electron chi connectivity index (χ1n) is 9.40. The van der Waals surface area contributed by atoms with Gasteiger partial charge in [0, 0.05) is 36.6 Å². The van der Waals surface area contributed by atoms with Crippen LogP contribution < -0.4 is 5.32 Å². The summed E-state index contributed by atoms with van der Waals surface area (Å²) in [5.74, 6) is 0.450. The van der Waals surface area contributed by atoms with E-state index in [4.69, 9.17) is 23.2 Å². The predicted octanol–water partition coefficient (Wildman–Crippen LogP) is 4.43. The molecule has 1 amide bonds. The van der Waals surface area contributed by atoms with E-state index in [2.05, 4.69) is 24.8 Å². The average Bonchev–Trinajstić information content (AvgIpc) is 3.07. The molecule has 4 rings (SSSR count). The molecule has 0 unspecified atom stereocenters. The SMILES string of the molecule is Cc1ncc(Cl)cc1C(=O)NC1CCC(Cn2ccc3cnc(Cl)nc32)CC1. The quantitative estimate of drug-likeness (QED) is 0.637. The number of amides is 1. The molecule has 3 aromatic heterocycles. The van der Waals surface area contributed by atoms with Crippen LogP contribution in [0.15, 0.2) is 30.7 Å². The summed E-state index contributed by atoms with van der Waals surface area (Å²) in [5, 5.41) is 4.88. The lowest BCUT2D eigenvalue weighted by atomic mass is 9.86. The zero-order valence-corrected chi connectivity index (χ0v) is 17.0. The zero-order chi connectivity index (χ0) is 19.7. The number of aromatic nitrogens is 4. The fourth-order valence-corrected chi connectivity index (χ4v) is 4.15.